The Morgan fingerprint density at radius 2 is 0.814 bits per heavy atom. The molecule has 0 amide bonds. The number of carbonyl (C=O) groups excluding carboxylic acids is 2. The number of hydrogen-bond acceptors (Lipinski definition) is 7. The van der Waals surface area contributed by atoms with Crippen LogP contribution in [0.5, 0.6) is 0 Å². The van der Waals surface area contributed by atoms with Crippen LogP contribution in [0.25, 0.3) is 0 Å². The number of unbranched alkanes of at least 4 members (excludes halogenated alkanes) is 26. The van der Waals surface area contributed by atoms with E-state index in [4.69, 9.17) is 18.5 Å². The number of hydrogen-bond donors (Lipinski definition) is 1. The number of carbonyl (C=O) groups is 2. The maximum Gasteiger partial charge on any atom is 0.472 e. The predicted molar refractivity (Wildman–Crippen MR) is 298 cm³/mol. The van der Waals surface area contributed by atoms with E-state index in [9.17, 15) is 19.0 Å². The van der Waals surface area contributed by atoms with Gasteiger partial charge in [-0.25, -0.2) is 4.57 Å². The van der Waals surface area contributed by atoms with Crippen LogP contribution in [0.3, 0.4) is 0 Å². The molecule has 0 aromatic rings. The molecule has 0 fully saturated rings. The van der Waals surface area contributed by atoms with E-state index >= 15 is 0 Å². The van der Waals surface area contributed by atoms with Gasteiger partial charge in [-0.05, 0) is 64.2 Å². The maximum absolute atomic E-state index is 12.8. The molecule has 2 atom stereocenters. The van der Waals surface area contributed by atoms with Gasteiger partial charge in [0.2, 0.25) is 0 Å². The molecule has 0 aliphatic heterocycles. The summed E-state index contributed by atoms with van der Waals surface area (Å²) >= 11 is 0. The number of phosphoric acid groups is 1. The van der Waals surface area contributed by atoms with Gasteiger partial charge in [-0.15, -0.1) is 0 Å². The lowest BCUT2D eigenvalue weighted by Crippen LogP contribution is -2.37. The highest BCUT2D eigenvalue weighted by Gasteiger charge is 2.27. The number of quaternary nitrogens is 1. The lowest BCUT2D eigenvalue weighted by Gasteiger charge is -2.24. The lowest BCUT2D eigenvalue weighted by atomic mass is 10.0. The maximum atomic E-state index is 12.8. The van der Waals surface area contributed by atoms with Crippen molar-refractivity contribution >= 4 is 19.8 Å². The molecule has 0 aliphatic carbocycles. The van der Waals surface area contributed by atoms with Crippen LogP contribution < -0.4 is 0 Å². The molecular weight excluding hydrogens is 894 g/mol. The van der Waals surface area contributed by atoms with Gasteiger partial charge < -0.3 is 18.9 Å². The molecule has 2 unspecified atom stereocenters. The molecule has 406 valence electrons. The van der Waals surface area contributed by atoms with Crippen molar-refractivity contribution in [2.75, 3.05) is 47.5 Å². The Labute approximate surface area is 431 Å². The molecule has 0 saturated carbocycles. The average molecular weight is 1000 g/mol. The Morgan fingerprint density at radius 1 is 0.457 bits per heavy atom. The van der Waals surface area contributed by atoms with Crippen molar-refractivity contribution in [2.45, 2.75) is 251 Å². The molecule has 10 heteroatoms. The van der Waals surface area contributed by atoms with Crippen molar-refractivity contribution in [3.63, 3.8) is 0 Å². The van der Waals surface area contributed by atoms with Gasteiger partial charge in [0.15, 0.2) is 6.10 Å². The Morgan fingerprint density at radius 3 is 1.21 bits per heavy atom. The predicted octanol–water partition coefficient (Wildman–Crippen LogP) is 17.7. The van der Waals surface area contributed by atoms with Crippen molar-refractivity contribution in [3.8, 4) is 0 Å². The number of allylic oxidation sites excluding steroid dienone is 12. The second-order valence-corrected chi connectivity index (χ2v) is 21.8. The first kappa shape index (κ1) is 67.5. The first-order valence-corrected chi connectivity index (χ1v) is 30.2. The zero-order valence-corrected chi connectivity index (χ0v) is 46.9. The van der Waals surface area contributed by atoms with Crippen LogP contribution >= 0.6 is 7.82 Å². The molecule has 0 radical (unpaired) electrons. The van der Waals surface area contributed by atoms with E-state index < -0.39 is 26.5 Å². The van der Waals surface area contributed by atoms with E-state index in [1.807, 2.05) is 21.1 Å². The van der Waals surface area contributed by atoms with Crippen LogP contribution in [0.4, 0.5) is 0 Å². The van der Waals surface area contributed by atoms with Crippen molar-refractivity contribution in [1.29, 1.82) is 0 Å². The van der Waals surface area contributed by atoms with Gasteiger partial charge in [0, 0.05) is 12.8 Å². The number of nitrogens with zero attached hydrogens (tertiary/aromatic N) is 1. The summed E-state index contributed by atoms with van der Waals surface area (Å²) in [5, 5.41) is 0. The summed E-state index contributed by atoms with van der Waals surface area (Å²) in [4.78, 5) is 35.6. The Bertz CT molecular complexity index is 1410. The summed E-state index contributed by atoms with van der Waals surface area (Å²) < 4.78 is 34.5. The minimum Gasteiger partial charge on any atom is -0.462 e. The van der Waals surface area contributed by atoms with E-state index in [0.29, 0.717) is 23.9 Å². The Balaban J connectivity index is 4.12. The van der Waals surface area contributed by atoms with Gasteiger partial charge >= 0.3 is 19.8 Å². The van der Waals surface area contributed by atoms with Crippen molar-refractivity contribution in [3.05, 3.63) is 72.9 Å². The monoisotopic (exact) mass is 1000 g/mol. The van der Waals surface area contributed by atoms with Gasteiger partial charge in [0.25, 0.3) is 0 Å². The van der Waals surface area contributed by atoms with Crippen molar-refractivity contribution in [1.82, 2.24) is 0 Å². The molecule has 0 aliphatic rings. The standard InChI is InChI=1S/C60H108NO8P/c1-6-8-10-12-14-16-18-20-22-23-24-25-26-27-28-29-30-31-32-33-34-35-36-37-39-41-43-45-47-49-51-53-60(63)69-58(57-68-70(64,65)67-55-54-61(3,4)5)56-66-59(62)52-50-48-46-44-42-40-38-21-19-17-15-13-11-9-7-2/h8,10,14,16,20,22,24-25,27-28,30-31,58H,6-7,9,11-13,15,17-19,21,23,26,29,32-57H2,1-5H3/p+1/b10-8-,16-14-,22-20-,25-24-,28-27-,31-30-. The molecule has 0 spiro atoms. The molecule has 0 bridgehead atoms. The van der Waals surface area contributed by atoms with E-state index in [2.05, 4.69) is 86.8 Å². The second kappa shape index (κ2) is 51.4. The third kappa shape index (κ3) is 54.8. The van der Waals surface area contributed by atoms with E-state index in [0.717, 1.165) is 77.0 Å². The van der Waals surface area contributed by atoms with E-state index in [1.165, 1.54) is 135 Å². The summed E-state index contributed by atoms with van der Waals surface area (Å²) in [6, 6.07) is 0. The van der Waals surface area contributed by atoms with Gasteiger partial charge in [0.1, 0.15) is 19.8 Å². The molecule has 70 heavy (non-hydrogen) atoms. The summed E-state index contributed by atoms with van der Waals surface area (Å²) in [7, 11) is 1.48. The molecular formula is C60H109NO8P+. The van der Waals surface area contributed by atoms with E-state index in [-0.39, 0.29) is 25.6 Å². The zero-order chi connectivity index (χ0) is 51.3. The number of likely N-dealkylation sites (N-methyl/N-ethyl adjacent to an activating group) is 1. The van der Waals surface area contributed by atoms with Crippen molar-refractivity contribution in [2.24, 2.45) is 0 Å². The van der Waals surface area contributed by atoms with Crippen LogP contribution in [0.1, 0.15) is 245 Å². The highest BCUT2D eigenvalue weighted by atomic mass is 31.2. The molecule has 0 aromatic carbocycles. The minimum absolute atomic E-state index is 0.0306. The van der Waals surface area contributed by atoms with Crippen LogP contribution in [-0.2, 0) is 32.7 Å². The second-order valence-electron chi connectivity index (χ2n) is 20.3. The SMILES string of the molecule is CC/C=C\C/C=C\C/C=C\C/C=C\C/C=C\C/C=C\CCCCCCCCCCCCCCC(=O)OC(COC(=O)CCCCCCCCCCCCCCCCC)COP(=O)(O)OCC[N+](C)(C)C. The summed E-state index contributed by atoms with van der Waals surface area (Å²) in [6.07, 6.45) is 66.8. The summed E-state index contributed by atoms with van der Waals surface area (Å²) in [6.45, 7) is 4.33. The number of phosphoric ester groups is 1. The summed E-state index contributed by atoms with van der Waals surface area (Å²) in [5.41, 5.74) is 0. The van der Waals surface area contributed by atoms with Crippen LogP contribution in [0, 0.1) is 0 Å². The van der Waals surface area contributed by atoms with Crippen molar-refractivity contribution < 1.29 is 42.1 Å². The van der Waals surface area contributed by atoms with Crippen LogP contribution in [0.2, 0.25) is 0 Å². The first-order chi connectivity index (χ1) is 34.0. The van der Waals surface area contributed by atoms with Crippen LogP contribution in [-0.4, -0.2) is 74.9 Å². The molecule has 0 aromatic heterocycles. The largest absolute Gasteiger partial charge is 0.472 e. The third-order valence-electron chi connectivity index (χ3n) is 12.3. The average Bonchev–Trinajstić information content (AvgIpc) is 3.32. The molecule has 1 N–H and O–H groups in total. The molecule has 0 saturated heterocycles. The molecule has 0 rings (SSSR count). The zero-order valence-electron chi connectivity index (χ0n) is 46.0. The number of ether oxygens (including phenoxy) is 2. The highest BCUT2D eigenvalue weighted by molar-refractivity contribution is 7.47. The Kier molecular flexibility index (Phi) is 49.5. The molecule has 0 heterocycles. The fourth-order valence-electron chi connectivity index (χ4n) is 7.84. The number of rotatable bonds is 52. The van der Waals surface area contributed by atoms with Gasteiger partial charge in [-0.2, -0.15) is 0 Å². The number of esters is 2. The Hall–Kier alpha value is -2.55. The minimum atomic E-state index is -4.38. The third-order valence-corrected chi connectivity index (χ3v) is 13.2. The highest BCUT2D eigenvalue weighted by Crippen LogP contribution is 2.43. The summed E-state index contributed by atoms with van der Waals surface area (Å²) in [5.74, 6) is -0.794. The normalized spacial score (nSPS) is 13.9. The smallest absolute Gasteiger partial charge is 0.462 e. The fraction of sp³-hybridized carbons (Fsp3) is 0.767. The topological polar surface area (TPSA) is 108 Å². The van der Waals surface area contributed by atoms with Gasteiger partial charge in [-0.1, -0.05) is 241 Å². The lowest BCUT2D eigenvalue weighted by molar-refractivity contribution is -0.870. The van der Waals surface area contributed by atoms with Gasteiger partial charge in [-0.3, -0.25) is 18.6 Å². The first-order valence-electron chi connectivity index (χ1n) is 28.7. The fourth-order valence-corrected chi connectivity index (χ4v) is 8.58. The molecule has 9 nitrogen and oxygen atoms in total. The van der Waals surface area contributed by atoms with Crippen LogP contribution in [0.15, 0.2) is 72.9 Å². The quantitative estimate of drug-likeness (QED) is 0.0211. The van der Waals surface area contributed by atoms with E-state index in [1.54, 1.807) is 0 Å². The van der Waals surface area contributed by atoms with Gasteiger partial charge in [0.05, 0.1) is 27.7 Å².